The first-order chi connectivity index (χ1) is 13.8. The fraction of sp³-hybridized carbons (Fsp3) is 0.619. The van der Waals surface area contributed by atoms with Crippen LogP contribution in [0.25, 0.3) is 0 Å². The van der Waals surface area contributed by atoms with E-state index in [2.05, 4.69) is 37.4 Å². The van der Waals surface area contributed by atoms with E-state index in [-0.39, 0.29) is 6.17 Å². The van der Waals surface area contributed by atoms with E-state index in [0.717, 1.165) is 57.0 Å². The quantitative estimate of drug-likeness (QED) is 0.724. The normalized spacial score (nSPS) is 23.6. The van der Waals surface area contributed by atoms with Gasteiger partial charge in [0.15, 0.2) is 12.5 Å². The summed E-state index contributed by atoms with van der Waals surface area (Å²) in [6.07, 6.45) is 6.46. The van der Waals surface area contributed by atoms with Crippen LogP contribution in [0.1, 0.15) is 32.1 Å². The predicted molar refractivity (Wildman–Crippen MR) is 111 cm³/mol. The molecule has 1 saturated carbocycles. The van der Waals surface area contributed by atoms with E-state index in [1.54, 1.807) is 7.11 Å². The van der Waals surface area contributed by atoms with Crippen LogP contribution in [-0.2, 0) is 4.79 Å². The molecule has 0 radical (unpaired) electrons. The van der Waals surface area contributed by atoms with E-state index in [9.17, 15) is 4.79 Å². The number of methoxy groups -OCH3 is 1. The summed E-state index contributed by atoms with van der Waals surface area (Å²) in [5.41, 5.74) is 4.24. The molecule has 1 saturated heterocycles. The molecule has 152 valence electrons. The summed E-state index contributed by atoms with van der Waals surface area (Å²) in [7, 11) is 1.71. The third kappa shape index (κ3) is 4.09. The Bertz CT molecular complexity index is 696. The number of hydrogen-bond donors (Lipinski definition) is 1. The highest BCUT2D eigenvalue weighted by Crippen LogP contribution is 2.27. The molecule has 0 amide bonds. The van der Waals surface area contributed by atoms with Crippen molar-refractivity contribution in [3.05, 3.63) is 24.3 Å². The number of ether oxygens (including phenoxy) is 1. The Morgan fingerprint density at radius 2 is 2.00 bits per heavy atom. The monoisotopic (exact) mass is 385 g/mol. The minimum absolute atomic E-state index is 0.275. The van der Waals surface area contributed by atoms with Crippen molar-refractivity contribution in [3.8, 4) is 5.75 Å². The number of carbonyl (C=O) groups excluding carboxylic acids is 1. The van der Waals surface area contributed by atoms with Gasteiger partial charge in [-0.25, -0.2) is 0 Å². The molecule has 2 fully saturated rings. The fourth-order valence-electron chi connectivity index (χ4n) is 4.62. The first-order valence-corrected chi connectivity index (χ1v) is 10.5. The van der Waals surface area contributed by atoms with Crippen LogP contribution in [-0.4, -0.2) is 74.0 Å². The maximum Gasteiger partial charge on any atom is 0.173 e. The van der Waals surface area contributed by atoms with Crippen LogP contribution in [0.5, 0.6) is 5.75 Å². The molecule has 0 bridgehead atoms. The number of benzene rings is 1. The molecular weight excluding hydrogens is 354 g/mol. The SMILES string of the molecule is COc1cccc(N2CCN(CCC3=NNC(C=O)N3C3CCCC3)CC2)c1. The molecule has 1 aliphatic carbocycles. The highest BCUT2D eigenvalue weighted by atomic mass is 16.5. The van der Waals surface area contributed by atoms with Gasteiger partial charge in [-0.1, -0.05) is 18.9 Å². The Hall–Kier alpha value is -2.28. The Kier molecular flexibility index (Phi) is 6.00. The standard InChI is InChI=1S/C21H31N5O2/c1-28-19-8-4-7-18(15-19)25-13-11-24(12-14-25)10-9-20-22-23-21(16-27)26(20)17-5-2-3-6-17/h4,7-8,15-17,21,23H,2-3,5-6,9-14H2,1H3. The van der Waals surface area contributed by atoms with Gasteiger partial charge in [0.05, 0.1) is 7.11 Å². The highest BCUT2D eigenvalue weighted by Gasteiger charge is 2.34. The molecule has 0 spiro atoms. The molecule has 4 rings (SSSR count). The van der Waals surface area contributed by atoms with Crippen LogP contribution in [0, 0.1) is 0 Å². The van der Waals surface area contributed by atoms with Crippen LogP contribution in [0.3, 0.4) is 0 Å². The third-order valence-corrected chi connectivity index (χ3v) is 6.21. The van der Waals surface area contributed by atoms with Crippen molar-refractivity contribution in [2.45, 2.75) is 44.3 Å². The largest absolute Gasteiger partial charge is 0.497 e. The summed E-state index contributed by atoms with van der Waals surface area (Å²) in [6, 6.07) is 8.75. The zero-order valence-electron chi connectivity index (χ0n) is 16.7. The first-order valence-electron chi connectivity index (χ1n) is 10.5. The zero-order chi connectivity index (χ0) is 19.3. The van der Waals surface area contributed by atoms with Crippen molar-refractivity contribution in [1.29, 1.82) is 0 Å². The Labute approximate surface area is 167 Å². The van der Waals surface area contributed by atoms with Crippen molar-refractivity contribution < 1.29 is 9.53 Å². The molecule has 1 aromatic carbocycles. The number of nitrogens with zero attached hydrogens (tertiary/aromatic N) is 4. The Morgan fingerprint density at radius 3 is 2.71 bits per heavy atom. The minimum atomic E-state index is -0.275. The molecule has 2 aliphatic heterocycles. The molecule has 2 heterocycles. The van der Waals surface area contributed by atoms with Gasteiger partial charge >= 0.3 is 0 Å². The molecule has 28 heavy (non-hydrogen) atoms. The molecule has 1 atom stereocenters. The Balaban J connectivity index is 1.28. The maximum absolute atomic E-state index is 11.4. The number of carbonyl (C=O) groups is 1. The molecule has 1 aromatic rings. The summed E-state index contributed by atoms with van der Waals surface area (Å²) < 4.78 is 5.35. The second-order valence-electron chi connectivity index (χ2n) is 7.86. The van der Waals surface area contributed by atoms with Gasteiger partial charge in [-0.3, -0.25) is 15.1 Å². The third-order valence-electron chi connectivity index (χ3n) is 6.21. The second-order valence-corrected chi connectivity index (χ2v) is 7.86. The number of aldehydes is 1. The van der Waals surface area contributed by atoms with Crippen LogP contribution in [0.4, 0.5) is 5.69 Å². The van der Waals surface area contributed by atoms with E-state index in [4.69, 9.17) is 4.74 Å². The van der Waals surface area contributed by atoms with Crippen molar-refractivity contribution in [3.63, 3.8) is 0 Å². The number of anilines is 1. The van der Waals surface area contributed by atoms with E-state index in [1.807, 2.05) is 12.1 Å². The topological polar surface area (TPSA) is 60.4 Å². The number of piperazine rings is 1. The number of amidine groups is 1. The average Bonchev–Trinajstić information content (AvgIpc) is 3.42. The van der Waals surface area contributed by atoms with Gasteiger partial charge in [-0.15, -0.1) is 0 Å². The van der Waals surface area contributed by atoms with Crippen molar-refractivity contribution in [1.82, 2.24) is 15.2 Å². The lowest BCUT2D eigenvalue weighted by Crippen LogP contribution is -2.49. The van der Waals surface area contributed by atoms with Crippen LogP contribution in [0.2, 0.25) is 0 Å². The molecular formula is C21H31N5O2. The lowest BCUT2D eigenvalue weighted by Gasteiger charge is -2.37. The van der Waals surface area contributed by atoms with Gasteiger partial charge in [-0.05, 0) is 25.0 Å². The number of rotatable bonds is 7. The van der Waals surface area contributed by atoms with Crippen LogP contribution >= 0.6 is 0 Å². The number of hydrogen-bond acceptors (Lipinski definition) is 7. The number of nitrogens with one attached hydrogen (secondary N) is 1. The van der Waals surface area contributed by atoms with Gasteiger partial charge in [0.1, 0.15) is 11.6 Å². The van der Waals surface area contributed by atoms with E-state index >= 15 is 0 Å². The molecule has 1 unspecified atom stereocenters. The van der Waals surface area contributed by atoms with Gasteiger partial charge in [0.2, 0.25) is 0 Å². The van der Waals surface area contributed by atoms with Crippen molar-refractivity contribution >= 4 is 17.8 Å². The molecule has 1 N–H and O–H groups in total. The van der Waals surface area contributed by atoms with E-state index < -0.39 is 0 Å². The lowest BCUT2D eigenvalue weighted by molar-refractivity contribution is -0.112. The van der Waals surface area contributed by atoms with Crippen molar-refractivity contribution in [2.24, 2.45) is 5.10 Å². The summed E-state index contributed by atoms with van der Waals surface area (Å²) in [4.78, 5) is 18.6. The maximum atomic E-state index is 11.4. The zero-order valence-corrected chi connectivity index (χ0v) is 16.7. The minimum Gasteiger partial charge on any atom is -0.497 e. The van der Waals surface area contributed by atoms with Crippen LogP contribution < -0.4 is 15.1 Å². The van der Waals surface area contributed by atoms with E-state index in [0.29, 0.717) is 6.04 Å². The van der Waals surface area contributed by atoms with Gasteiger partial charge < -0.3 is 14.5 Å². The second kappa shape index (κ2) is 8.82. The predicted octanol–water partition coefficient (Wildman–Crippen LogP) is 1.89. The van der Waals surface area contributed by atoms with Gasteiger partial charge in [0, 0.05) is 56.9 Å². The smallest absolute Gasteiger partial charge is 0.173 e. The molecule has 7 nitrogen and oxygen atoms in total. The fourth-order valence-corrected chi connectivity index (χ4v) is 4.62. The van der Waals surface area contributed by atoms with Crippen molar-refractivity contribution in [2.75, 3.05) is 44.7 Å². The van der Waals surface area contributed by atoms with E-state index in [1.165, 1.54) is 31.4 Å². The molecule has 0 aromatic heterocycles. The molecule has 7 heteroatoms. The van der Waals surface area contributed by atoms with Crippen LogP contribution in [0.15, 0.2) is 29.4 Å². The first kappa shape index (κ1) is 19.1. The van der Waals surface area contributed by atoms with Gasteiger partial charge in [-0.2, -0.15) is 5.10 Å². The average molecular weight is 386 g/mol. The summed E-state index contributed by atoms with van der Waals surface area (Å²) in [5.74, 6) is 1.96. The summed E-state index contributed by atoms with van der Waals surface area (Å²) in [6.45, 7) is 5.10. The summed E-state index contributed by atoms with van der Waals surface area (Å²) >= 11 is 0. The summed E-state index contributed by atoms with van der Waals surface area (Å²) in [5, 5.41) is 4.49. The van der Waals surface area contributed by atoms with Gasteiger partial charge in [0.25, 0.3) is 0 Å². The highest BCUT2D eigenvalue weighted by molar-refractivity contribution is 5.87. The lowest BCUT2D eigenvalue weighted by atomic mass is 10.1. The number of hydrazone groups is 1. The molecule has 3 aliphatic rings. The Morgan fingerprint density at radius 1 is 1.21 bits per heavy atom.